The molecule has 1 heterocycles. The predicted molar refractivity (Wildman–Crippen MR) is 103 cm³/mol. The van der Waals surface area contributed by atoms with Gasteiger partial charge in [-0.1, -0.05) is 6.07 Å². The van der Waals surface area contributed by atoms with Crippen LogP contribution in [0.25, 0.3) is 0 Å². The van der Waals surface area contributed by atoms with Crippen LogP contribution in [0.4, 0.5) is 27.9 Å². The van der Waals surface area contributed by atoms with Crippen LogP contribution < -0.4 is 26.2 Å². The number of carbonyl (C=O) groups excluding carboxylic acids is 1. The van der Waals surface area contributed by atoms with E-state index in [1.54, 1.807) is 42.5 Å². The lowest BCUT2D eigenvalue weighted by molar-refractivity contribution is 0.211. The van der Waals surface area contributed by atoms with Gasteiger partial charge in [0, 0.05) is 17.6 Å². The lowest BCUT2D eigenvalue weighted by Crippen LogP contribution is -2.16. The number of hydrogen-bond acceptors (Lipinski definition) is 8. The van der Waals surface area contributed by atoms with Gasteiger partial charge in [0.15, 0.2) is 0 Å². The summed E-state index contributed by atoms with van der Waals surface area (Å²) >= 11 is 0. The highest BCUT2D eigenvalue weighted by Gasteiger charge is 2.09. The monoisotopic (exact) mass is 400 g/mol. The van der Waals surface area contributed by atoms with Crippen molar-refractivity contribution < 1.29 is 17.9 Å². The summed E-state index contributed by atoms with van der Waals surface area (Å²) in [5, 5.41) is 11.1. The highest BCUT2D eigenvalue weighted by Crippen LogP contribution is 2.21. The molecule has 10 nitrogen and oxygen atoms in total. The summed E-state index contributed by atoms with van der Waals surface area (Å²) in [7, 11) is -3.81. The maximum absolute atomic E-state index is 11.5. The van der Waals surface area contributed by atoms with Gasteiger partial charge in [-0.05, 0) is 48.5 Å². The van der Waals surface area contributed by atoms with Crippen molar-refractivity contribution in [1.29, 1.82) is 0 Å². The fourth-order valence-corrected chi connectivity index (χ4v) is 2.80. The summed E-state index contributed by atoms with van der Waals surface area (Å²) < 4.78 is 27.7. The van der Waals surface area contributed by atoms with Crippen molar-refractivity contribution in [2.45, 2.75) is 4.90 Å². The summed E-state index contributed by atoms with van der Waals surface area (Å²) in [6.07, 6.45) is 0.643. The lowest BCUT2D eigenvalue weighted by Gasteiger charge is -2.09. The van der Waals surface area contributed by atoms with E-state index in [2.05, 4.69) is 20.6 Å². The standard InChI is InChI=1S/C17H16N6O4S/c18-16(24)27-13-6-4-11(5-7-13)21-15-8-9-20-17(23-15)22-12-2-1-3-14(10-12)28(19,25)26/h1-10H,(H2,18,24)(H2,19,25,26)(H2,20,21,22,23). The minimum atomic E-state index is -3.81. The van der Waals surface area contributed by atoms with Gasteiger partial charge in [0.05, 0.1) is 4.90 Å². The molecule has 0 bridgehead atoms. The van der Waals surface area contributed by atoms with Gasteiger partial charge in [-0.25, -0.2) is 23.3 Å². The van der Waals surface area contributed by atoms with Gasteiger partial charge in [0.1, 0.15) is 11.6 Å². The van der Waals surface area contributed by atoms with Crippen LogP contribution in [0.2, 0.25) is 0 Å². The van der Waals surface area contributed by atoms with E-state index in [1.165, 1.54) is 18.3 Å². The number of primary sulfonamides is 1. The summed E-state index contributed by atoms with van der Waals surface area (Å²) in [5.41, 5.74) is 6.12. The number of nitrogens with two attached hydrogens (primary N) is 2. The van der Waals surface area contributed by atoms with E-state index in [-0.39, 0.29) is 10.8 Å². The van der Waals surface area contributed by atoms with E-state index in [0.717, 1.165) is 0 Å². The Bertz CT molecular complexity index is 1100. The average Bonchev–Trinajstić information content (AvgIpc) is 2.63. The molecule has 11 heteroatoms. The van der Waals surface area contributed by atoms with Crippen molar-refractivity contribution in [3.05, 3.63) is 60.8 Å². The average molecular weight is 400 g/mol. The van der Waals surface area contributed by atoms with Gasteiger partial charge in [-0.3, -0.25) is 0 Å². The number of aromatic nitrogens is 2. The molecule has 0 aliphatic heterocycles. The molecule has 6 N–H and O–H groups in total. The highest BCUT2D eigenvalue weighted by atomic mass is 32.2. The first-order valence-electron chi connectivity index (χ1n) is 7.87. The molecule has 0 radical (unpaired) electrons. The minimum Gasteiger partial charge on any atom is -0.411 e. The van der Waals surface area contributed by atoms with Crippen LogP contribution in [-0.4, -0.2) is 24.5 Å². The number of hydrogen-bond donors (Lipinski definition) is 4. The molecule has 0 fully saturated rings. The number of benzene rings is 2. The van der Waals surface area contributed by atoms with Gasteiger partial charge in [0.2, 0.25) is 16.0 Å². The van der Waals surface area contributed by atoms with E-state index in [0.29, 0.717) is 22.9 Å². The molecule has 0 aliphatic carbocycles. The molecular weight excluding hydrogens is 384 g/mol. The van der Waals surface area contributed by atoms with Crippen LogP contribution in [0.5, 0.6) is 5.75 Å². The Hall–Kier alpha value is -3.70. The summed E-state index contributed by atoms with van der Waals surface area (Å²) in [6.45, 7) is 0. The number of nitrogens with zero attached hydrogens (tertiary/aromatic N) is 2. The summed E-state index contributed by atoms with van der Waals surface area (Å²) in [4.78, 5) is 19.1. The molecule has 0 spiro atoms. The quantitative estimate of drug-likeness (QED) is 0.488. The van der Waals surface area contributed by atoms with Crippen LogP contribution in [0, 0.1) is 0 Å². The second-order valence-electron chi connectivity index (χ2n) is 5.53. The molecule has 0 saturated carbocycles. The first kappa shape index (κ1) is 19.1. The molecule has 0 aliphatic rings. The number of ether oxygens (including phenoxy) is 1. The van der Waals surface area contributed by atoms with Gasteiger partial charge in [-0.2, -0.15) is 4.98 Å². The third kappa shape index (κ3) is 5.16. The fraction of sp³-hybridized carbons (Fsp3) is 0. The zero-order valence-electron chi connectivity index (χ0n) is 14.4. The van der Waals surface area contributed by atoms with Gasteiger partial charge in [0.25, 0.3) is 0 Å². The number of rotatable bonds is 6. The van der Waals surface area contributed by atoms with Crippen molar-refractivity contribution in [3.63, 3.8) is 0 Å². The van der Waals surface area contributed by atoms with Crippen LogP contribution in [0.15, 0.2) is 65.7 Å². The number of nitrogens with one attached hydrogen (secondary N) is 2. The Kier molecular flexibility index (Phi) is 5.38. The molecule has 144 valence electrons. The highest BCUT2D eigenvalue weighted by molar-refractivity contribution is 7.89. The molecule has 0 unspecified atom stereocenters. The molecule has 28 heavy (non-hydrogen) atoms. The third-order valence-electron chi connectivity index (χ3n) is 3.42. The Labute approximate surface area is 160 Å². The van der Waals surface area contributed by atoms with Gasteiger partial charge in [-0.15, -0.1) is 0 Å². The number of amides is 1. The first-order chi connectivity index (χ1) is 13.3. The maximum atomic E-state index is 11.5. The lowest BCUT2D eigenvalue weighted by atomic mass is 10.3. The van der Waals surface area contributed by atoms with Crippen molar-refractivity contribution in [1.82, 2.24) is 9.97 Å². The molecule has 0 saturated heterocycles. The Morgan fingerprint density at radius 2 is 1.75 bits per heavy atom. The summed E-state index contributed by atoms with van der Waals surface area (Å²) in [5.74, 6) is 1.06. The van der Waals surface area contributed by atoms with Crippen LogP contribution >= 0.6 is 0 Å². The smallest absolute Gasteiger partial charge is 0.409 e. The predicted octanol–water partition coefficient (Wildman–Crippen LogP) is 2.07. The van der Waals surface area contributed by atoms with Crippen LogP contribution in [0.3, 0.4) is 0 Å². The fourth-order valence-electron chi connectivity index (χ4n) is 2.24. The largest absolute Gasteiger partial charge is 0.411 e. The summed E-state index contributed by atoms with van der Waals surface area (Å²) in [6, 6.07) is 14.2. The Morgan fingerprint density at radius 3 is 2.43 bits per heavy atom. The van der Waals surface area contributed by atoms with Crippen LogP contribution in [0.1, 0.15) is 0 Å². The van der Waals surface area contributed by atoms with E-state index >= 15 is 0 Å². The topological polar surface area (TPSA) is 162 Å². The number of anilines is 4. The molecule has 1 aromatic heterocycles. The molecule has 3 rings (SSSR count). The maximum Gasteiger partial charge on any atom is 0.409 e. The van der Waals surface area contributed by atoms with Crippen molar-refractivity contribution in [2.75, 3.05) is 10.6 Å². The molecular formula is C17H16N6O4S. The second kappa shape index (κ2) is 7.90. The molecule has 0 atom stereocenters. The zero-order chi connectivity index (χ0) is 20.1. The Morgan fingerprint density at radius 1 is 1.00 bits per heavy atom. The molecule has 3 aromatic rings. The SMILES string of the molecule is NC(=O)Oc1ccc(Nc2ccnc(Nc3cccc(S(N)(=O)=O)c3)n2)cc1. The zero-order valence-corrected chi connectivity index (χ0v) is 15.2. The van der Waals surface area contributed by atoms with Crippen molar-refractivity contribution >= 4 is 39.3 Å². The van der Waals surface area contributed by atoms with Crippen molar-refractivity contribution in [2.24, 2.45) is 10.9 Å². The number of primary amides is 1. The minimum absolute atomic E-state index is 0.0231. The van der Waals surface area contributed by atoms with E-state index in [4.69, 9.17) is 15.6 Å². The van der Waals surface area contributed by atoms with Gasteiger partial charge >= 0.3 is 6.09 Å². The van der Waals surface area contributed by atoms with Crippen molar-refractivity contribution in [3.8, 4) is 5.75 Å². The van der Waals surface area contributed by atoms with E-state index in [9.17, 15) is 13.2 Å². The third-order valence-corrected chi connectivity index (χ3v) is 4.33. The Balaban J connectivity index is 1.73. The van der Waals surface area contributed by atoms with E-state index in [1.807, 2.05) is 0 Å². The molecule has 1 amide bonds. The second-order valence-corrected chi connectivity index (χ2v) is 7.10. The van der Waals surface area contributed by atoms with Crippen LogP contribution in [-0.2, 0) is 10.0 Å². The first-order valence-corrected chi connectivity index (χ1v) is 9.41. The van der Waals surface area contributed by atoms with Gasteiger partial charge < -0.3 is 21.1 Å². The number of carbonyl (C=O) groups is 1. The van der Waals surface area contributed by atoms with E-state index < -0.39 is 16.1 Å². The normalized spacial score (nSPS) is 10.9. The number of sulfonamides is 1. The molecule has 2 aromatic carbocycles.